The van der Waals surface area contributed by atoms with Gasteiger partial charge in [0.25, 0.3) is 0 Å². The number of H-pyrrole nitrogens is 1. The Morgan fingerprint density at radius 2 is 2.07 bits per heavy atom. The number of rotatable bonds is 8. The van der Waals surface area contributed by atoms with Crippen LogP contribution in [0.25, 0.3) is 11.0 Å². The molecule has 1 unspecified atom stereocenters. The number of aromatic nitrogens is 2. The van der Waals surface area contributed by atoms with Gasteiger partial charge in [-0.1, -0.05) is 12.1 Å². The SMILES string of the molecule is CCNC(=NCC(C)(O)CN1CCOCC1)NCCc1nc2ccccc2[nH]1.I. The number of aromatic amines is 1. The first-order valence-corrected chi connectivity index (χ1v) is 10.0. The molecule has 1 atom stereocenters. The number of nitrogens with one attached hydrogen (secondary N) is 3. The second-order valence-corrected chi connectivity index (χ2v) is 7.46. The molecule has 2 aromatic rings. The average molecular weight is 516 g/mol. The highest BCUT2D eigenvalue weighted by Gasteiger charge is 2.25. The topological polar surface area (TPSA) is 97.8 Å². The number of nitrogens with zero attached hydrogens (tertiary/aromatic N) is 3. The number of halogens is 1. The molecule has 0 saturated carbocycles. The van der Waals surface area contributed by atoms with Gasteiger partial charge in [-0.3, -0.25) is 9.89 Å². The van der Waals surface area contributed by atoms with Crippen LogP contribution in [0.5, 0.6) is 0 Å². The molecule has 3 rings (SSSR count). The van der Waals surface area contributed by atoms with Crippen molar-refractivity contribution in [2.45, 2.75) is 25.9 Å². The van der Waals surface area contributed by atoms with E-state index in [2.05, 4.69) is 30.5 Å². The highest BCUT2D eigenvalue weighted by Crippen LogP contribution is 2.11. The molecule has 1 fully saturated rings. The molecule has 9 heteroatoms. The van der Waals surface area contributed by atoms with Gasteiger partial charge in [0.15, 0.2) is 5.96 Å². The fraction of sp³-hybridized carbons (Fsp3) is 0.600. The fourth-order valence-electron chi connectivity index (χ4n) is 3.31. The minimum atomic E-state index is -0.877. The van der Waals surface area contributed by atoms with E-state index in [1.165, 1.54) is 0 Å². The summed E-state index contributed by atoms with van der Waals surface area (Å²) in [7, 11) is 0. The summed E-state index contributed by atoms with van der Waals surface area (Å²) in [5, 5.41) is 17.3. The van der Waals surface area contributed by atoms with Gasteiger partial charge in [0.2, 0.25) is 0 Å². The van der Waals surface area contributed by atoms with E-state index in [0.717, 1.165) is 56.1 Å². The Balaban J connectivity index is 0.00000300. The Morgan fingerprint density at radius 1 is 1.31 bits per heavy atom. The average Bonchev–Trinajstić information content (AvgIpc) is 3.09. The van der Waals surface area contributed by atoms with Crippen molar-refractivity contribution < 1.29 is 9.84 Å². The second-order valence-electron chi connectivity index (χ2n) is 7.46. The number of aliphatic imine (C=N–C) groups is 1. The van der Waals surface area contributed by atoms with E-state index in [-0.39, 0.29) is 24.0 Å². The minimum Gasteiger partial charge on any atom is -0.387 e. The highest BCUT2D eigenvalue weighted by molar-refractivity contribution is 14.0. The number of morpholine rings is 1. The third-order valence-electron chi connectivity index (χ3n) is 4.68. The molecule has 2 heterocycles. The van der Waals surface area contributed by atoms with Crippen LogP contribution in [0.1, 0.15) is 19.7 Å². The van der Waals surface area contributed by atoms with E-state index < -0.39 is 5.60 Å². The quantitative estimate of drug-likeness (QED) is 0.241. The molecule has 1 aromatic heterocycles. The number of β-amino-alcohol motifs (C(OH)–C–C–N with tert-alkyl or cyclic N) is 1. The van der Waals surface area contributed by atoms with Crippen molar-refractivity contribution in [1.82, 2.24) is 25.5 Å². The van der Waals surface area contributed by atoms with Crippen LogP contribution in [-0.4, -0.2) is 84.0 Å². The van der Waals surface area contributed by atoms with Crippen LogP contribution in [0.4, 0.5) is 0 Å². The third kappa shape index (κ3) is 7.72. The van der Waals surface area contributed by atoms with E-state index >= 15 is 0 Å². The summed E-state index contributed by atoms with van der Waals surface area (Å²) in [6.45, 7) is 9.44. The Labute approximate surface area is 189 Å². The van der Waals surface area contributed by atoms with E-state index in [0.29, 0.717) is 25.6 Å². The van der Waals surface area contributed by atoms with Crippen molar-refractivity contribution >= 4 is 41.0 Å². The highest BCUT2D eigenvalue weighted by atomic mass is 127. The molecule has 29 heavy (non-hydrogen) atoms. The number of hydrogen-bond acceptors (Lipinski definition) is 5. The van der Waals surface area contributed by atoms with Gasteiger partial charge < -0.3 is 25.5 Å². The lowest BCUT2D eigenvalue weighted by Crippen LogP contribution is -2.48. The molecule has 1 aliphatic rings. The molecule has 0 amide bonds. The summed E-state index contributed by atoms with van der Waals surface area (Å²) < 4.78 is 5.37. The standard InChI is InChI=1S/C20H32N6O2.HI/c1-3-21-19(23-14-20(2,27)15-26-10-12-28-13-11-26)22-9-8-18-24-16-6-4-5-7-17(16)25-18;/h4-7,27H,3,8-15H2,1-2H3,(H,24,25)(H2,21,22,23);1H. The first kappa shape index (κ1) is 23.8. The van der Waals surface area contributed by atoms with Crippen molar-refractivity contribution in [3.05, 3.63) is 30.1 Å². The number of guanidine groups is 1. The van der Waals surface area contributed by atoms with Crippen molar-refractivity contribution in [1.29, 1.82) is 0 Å². The summed E-state index contributed by atoms with van der Waals surface area (Å²) in [4.78, 5) is 14.7. The molecule has 1 aliphatic heterocycles. The van der Waals surface area contributed by atoms with Crippen LogP contribution in [-0.2, 0) is 11.2 Å². The van der Waals surface area contributed by atoms with Crippen LogP contribution in [0.3, 0.4) is 0 Å². The zero-order valence-electron chi connectivity index (χ0n) is 17.3. The summed E-state index contributed by atoms with van der Waals surface area (Å²) in [5.41, 5.74) is 1.16. The molecule has 0 aliphatic carbocycles. The minimum absolute atomic E-state index is 0. The van der Waals surface area contributed by atoms with Crippen molar-refractivity contribution in [3.63, 3.8) is 0 Å². The van der Waals surface area contributed by atoms with E-state index in [4.69, 9.17) is 4.74 Å². The molecule has 162 valence electrons. The van der Waals surface area contributed by atoms with Crippen LogP contribution in [0, 0.1) is 0 Å². The zero-order valence-corrected chi connectivity index (χ0v) is 19.6. The number of benzene rings is 1. The fourth-order valence-corrected chi connectivity index (χ4v) is 3.31. The maximum Gasteiger partial charge on any atom is 0.191 e. The number of aliphatic hydroxyl groups is 1. The summed E-state index contributed by atoms with van der Waals surface area (Å²) >= 11 is 0. The maximum atomic E-state index is 10.7. The van der Waals surface area contributed by atoms with Crippen LogP contribution >= 0.6 is 24.0 Å². The molecular formula is C20H33IN6O2. The molecule has 1 aromatic carbocycles. The van der Waals surface area contributed by atoms with Gasteiger partial charge in [0.1, 0.15) is 5.82 Å². The predicted molar refractivity (Wildman–Crippen MR) is 127 cm³/mol. The number of fused-ring (bicyclic) bond motifs is 1. The van der Waals surface area contributed by atoms with Gasteiger partial charge in [-0.25, -0.2) is 4.98 Å². The molecule has 0 spiro atoms. The lowest BCUT2D eigenvalue weighted by Gasteiger charge is -2.33. The normalized spacial score (nSPS) is 17.6. The molecular weight excluding hydrogens is 483 g/mol. The van der Waals surface area contributed by atoms with E-state index in [1.807, 2.05) is 38.1 Å². The third-order valence-corrected chi connectivity index (χ3v) is 4.68. The second kappa shape index (κ2) is 11.7. The zero-order chi connectivity index (χ0) is 19.8. The molecule has 0 bridgehead atoms. The maximum absolute atomic E-state index is 10.7. The Hall–Kier alpha value is -1.43. The smallest absolute Gasteiger partial charge is 0.191 e. The van der Waals surface area contributed by atoms with Gasteiger partial charge in [0, 0.05) is 39.1 Å². The van der Waals surface area contributed by atoms with Gasteiger partial charge in [-0.2, -0.15) is 0 Å². The van der Waals surface area contributed by atoms with Crippen molar-refractivity contribution in [2.24, 2.45) is 4.99 Å². The first-order chi connectivity index (χ1) is 13.6. The van der Waals surface area contributed by atoms with E-state index in [9.17, 15) is 5.11 Å². The van der Waals surface area contributed by atoms with E-state index in [1.54, 1.807) is 0 Å². The Kier molecular flexibility index (Phi) is 9.60. The Bertz CT molecular complexity index is 740. The summed E-state index contributed by atoms with van der Waals surface area (Å²) in [6.07, 6.45) is 0.767. The number of imidazole rings is 1. The number of ether oxygens (including phenoxy) is 1. The van der Waals surface area contributed by atoms with Crippen molar-refractivity contribution in [3.8, 4) is 0 Å². The number of hydrogen-bond donors (Lipinski definition) is 4. The van der Waals surface area contributed by atoms with Crippen molar-refractivity contribution in [2.75, 3.05) is 52.5 Å². The largest absolute Gasteiger partial charge is 0.387 e. The monoisotopic (exact) mass is 516 g/mol. The van der Waals surface area contributed by atoms with Crippen LogP contribution in [0.15, 0.2) is 29.3 Å². The summed E-state index contributed by atoms with van der Waals surface area (Å²) in [6, 6.07) is 8.03. The lowest BCUT2D eigenvalue weighted by atomic mass is 10.1. The van der Waals surface area contributed by atoms with Gasteiger partial charge in [-0.05, 0) is 26.0 Å². The van der Waals surface area contributed by atoms with Gasteiger partial charge in [0.05, 0.1) is 36.4 Å². The number of para-hydroxylation sites is 2. The molecule has 4 N–H and O–H groups in total. The summed E-state index contributed by atoms with van der Waals surface area (Å²) in [5.74, 6) is 1.66. The van der Waals surface area contributed by atoms with Gasteiger partial charge in [-0.15, -0.1) is 24.0 Å². The van der Waals surface area contributed by atoms with Crippen LogP contribution < -0.4 is 10.6 Å². The van der Waals surface area contributed by atoms with Crippen LogP contribution in [0.2, 0.25) is 0 Å². The Morgan fingerprint density at radius 3 is 2.79 bits per heavy atom. The molecule has 8 nitrogen and oxygen atoms in total. The molecule has 1 saturated heterocycles. The molecule has 0 radical (unpaired) electrons. The van der Waals surface area contributed by atoms with Gasteiger partial charge >= 0.3 is 0 Å². The predicted octanol–water partition coefficient (Wildman–Crippen LogP) is 1.36. The first-order valence-electron chi connectivity index (χ1n) is 10.0. The lowest BCUT2D eigenvalue weighted by molar-refractivity contribution is -0.0179.